The Hall–Kier alpha value is -3.30. The number of amides is 2. The van der Waals surface area contributed by atoms with E-state index >= 15 is 0 Å². The van der Waals surface area contributed by atoms with E-state index in [1.54, 1.807) is 6.92 Å². The Balaban J connectivity index is 1.74. The van der Waals surface area contributed by atoms with Crippen LogP contribution in [0.4, 0.5) is 14.5 Å². The molecule has 2 heterocycles. The lowest BCUT2D eigenvalue weighted by atomic mass is 9.91. The van der Waals surface area contributed by atoms with Crippen LogP contribution in [-0.2, 0) is 16.1 Å². The van der Waals surface area contributed by atoms with Crippen LogP contribution in [0.25, 0.3) is 0 Å². The molecule has 1 aromatic heterocycles. The SMILES string of the molecule is CCOC(=O)c1cc2n(n1)C[C@@](C)(C(=O)NC1CCCCCCC1)N(c1ccc(F)cc1F)C2=O. The predicted molar refractivity (Wildman–Crippen MR) is 124 cm³/mol. The van der Waals surface area contributed by atoms with Crippen molar-refractivity contribution < 1.29 is 27.9 Å². The van der Waals surface area contributed by atoms with Gasteiger partial charge in [-0.2, -0.15) is 5.10 Å². The molecule has 1 aliphatic carbocycles. The van der Waals surface area contributed by atoms with Crippen molar-refractivity contribution in [2.24, 2.45) is 0 Å². The van der Waals surface area contributed by atoms with Crippen LogP contribution in [0.3, 0.4) is 0 Å². The number of fused-ring (bicyclic) bond motifs is 1. The van der Waals surface area contributed by atoms with Gasteiger partial charge in [-0.25, -0.2) is 13.6 Å². The molecular weight excluding hydrogens is 458 g/mol. The minimum Gasteiger partial charge on any atom is -0.461 e. The van der Waals surface area contributed by atoms with E-state index in [1.165, 1.54) is 24.1 Å². The van der Waals surface area contributed by atoms with Gasteiger partial charge in [0.2, 0.25) is 5.91 Å². The molecule has 2 amide bonds. The van der Waals surface area contributed by atoms with Gasteiger partial charge in [-0.05, 0) is 38.8 Å². The van der Waals surface area contributed by atoms with Crippen LogP contribution in [0, 0.1) is 11.6 Å². The summed E-state index contributed by atoms with van der Waals surface area (Å²) in [5, 5.41) is 7.26. The first kappa shape index (κ1) is 24.8. The Bertz CT molecular complexity index is 1130. The number of nitrogens with one attached hydrogen (secondary N) is 1. The number of aromatic nitrogens is 2. The van der Waals surface area contributed by atoms with Crippen molar-refractivity contribution in [3.63, 3.8) is 0 Å². The van der Waals surface area contributed by atoms with Crippen molar-refractivity contribution in [1.82, 2.24) is 15.1 Å². The summed E-state index contributed by atoms with van der Waals surface area (Å²) < 4.78 is 34.8. The topological polar surface area (TPSA) is 93.5 Å². The fraction of sp³-hybridized carbons (Fsp3) is 0.520. The first-order chi connectivity index (χ1) is 16.7. The molecule has 0 bridgehead atoms. The van der Waals surface area contributed by atoms with Gasteiger partial charge in [-0.15, -0.1) is 0 Å². The molecule has 2 aromatic rings. The molecular formula is C25H30F2N4O4. The Labute approximate surface area is 202 Å². The number of esters is 1. The highest BCUT2D eigenvalue weighted by molar-refractivity contribution is 6.12. The standard InChI is InChI=1S/C25H30F2N4O4/c1-3-35-23(33)19-14-21-22(32)31(20-12-11-16(26)13-18(20)27)25(2,15-30(21)29-19)24(34)28-17-9-7-5-4-6-8-10-17/h11-14,17H,3-10,15H2,1-2H3,(H,28,34)/t25-/m0/s1. The summed E-state index contributed by atoms with van der Waals surface area (Å²) in [5.41, 5.74) is -1.88. The zero-order valence-electron chi connectivity index (χ0n) is 20.0. The molecule has 2 aliphatic rings. The van der Waals surface area contributed by atoms with Crippen LogP contribution in [-0.4, -0.2) is 45.8 Å². The molecule has 4 rings (SSSR count). The Morgan fingerprint density at radius 3 is 2.49 bits per heavy atom. The van der Waals surface area contributed by atoms with Gasteiger partial charge in [-0.1, -0.05) is 32.1 Å². The van der Waals surface area contributed by atoms with Crippen LogP contribution < -0.4 is 10.2 Å². The smallest absolute Gasteiger partial charge is 0.358 e. The van der Waals surface area contributed by atoms with E-state index in [-0.39, 0.29) is 36.3 Å². The van der Waals surface area contributed by atoms with E-state index in [0.29, 0.717) is 6.07 Å². The molecule has 0 radical (unpaired) electrons. The summed E-state index contributed by atoms with van der Waals surface area (Å²) >= 11 is 0. The van der Waals surface area contributed by atoms with Crippen molar-refractivity contribution in [2.45, 2.75) is 76.9 Å². The highest BCUT2D eigenvalue weighted by atomic mass is 19.1. The van der Waals surface area contributed by atoms with E-state index in [2.05, 4.69) is 10.4 Å². The maximum Gasteiger partial charge on any atom is 0.358 e. The zero-order chi connectivity index (χ0) is 25.2. The van der Waals surface area contributed by atoms with Gasteiger partial charge in [0.25, 0.3) is 5.91 Å². The van der Waals surface area contributed by atoms with E-state index in [0.717, 1.165) is 55.6 Å². The number of anilines is 1. The third-order valence-corrected chi connectivity index (χ3v) is 6.72. The second-order valence-electron chi connectivity index (χ2n) is 9.32. The van der Waals surface area contributed by atoms with Gasteiger partial charge in [0, 0.05) is 18.2 Å². The molecule has 1 saturated carbocycles. The van der Waals surface area contributed by atoms with Gasteiger partial charge in [0.1, 0.15) is 22.9 Å². The van der Waals surface area contributed by atoms with Gasteiger partial charge >= 0.3 is 5.97 Å². The molecule has 10 heteroatoms. The minimum atomic E-state index is -1.58. The lowest BCUT2D eigenvalue weighted by molar-refractivity contribution is -0.127. The summed E-state index contributed by atoms with van der Waals surface area (Å²) in [6.07, 6.45) is 6.99. The quantitative estimate of drug-likeness (QED) is 0.643. The molecule has 35 heavy (non-hydrogen) atoms. The Morgan fingerprint density at radius 2 is 1.83 bits per heavy atom. The third-order valence-electron chi connectivity index (χ3n) is 6.72. The highest BCUT2D eigenvalue weighted by Gasteiger charge is 2.50. The average molecular weight is 489 g/mol. The summed E-state index contributed by atoms with van der Waals surface area (Å²) in [5.74, 6) is -3.66. The number of ether oxygens (including phenoxy) is 1. The fourth-order valence-corrected chi connectivity index (χ4v) is 4.87. The molecule has 1 atom stereocenters. The van der Waals surface area contributed by atoms with E-state index in [1.807, 2.05) is 0 Å². The molecule has 1 aromatic carbocycles. The summed E-state index contributed by atoms with van der Waals surface area (Å²) in [4.78, 5) is 40.6. The van der Waals surface area contributed by atoms with Crippen LogP contribution in [0.15, 0.2) is 24.3 Å². The molecule has 1 N–H and O–H groups in total. The van der Waals surface area contributed by atoms with Crippen LogP contribution in [0.1, 0.15) is 79.8 Å². The summed E-state index contributed by atoms with van der Waals surface area (Å²) in [6, 6.07) is 4.05. The first-order valence-corrected chi connectivity index (χ1v) is 12.1. The van der Waals surface area contributed by atoms with Gasteiger partial charge < -0.3 is 10.1 Å². The number of rotatable bonds is 5. The number of hydrogen-bond donors (Lipinski definition) is 1. The monoisotopic (exact) mass is 488 g/mol. The molecule has 0 saturated heterocycles. The summed E-state index contributed by atoms with van der Waals surface area (Å²) in [7, 11) is 0. The normalized spacial score (nSPS) is 21.1. The lowest BCUT2D eigenvalue weighted by Gasteiger charge is -2.43. The molecule has 1 fully saturated rings. The number of carbonyl (C=O) groups is 3. The van der Waals surface area contributed by atoms with E-state index in [9.17, 15) is 23.2 Å². The minimum absolute atomic E-state index is 0.00741. The third kappa shape index (κ3) is 4.92. The average Bonchev–Trinajstić information content (AvgIpc) is 3.21. The second-order valence-corrected chi connectivity index (χ2v) is 9.32. The number of halogens is 2. The first-order valence-electron chi connectivity index (χ1n) is 12.1. The van der Waals surface area contributed by atoms with Crippen molar-refractivity contribution in [3.05, 3.63) is 47.3 Å². The Morgan fingerprint density at radius 1 is 1.14 bits per heavy atom. The number of benzene rings is 1. The second kappa shape index (κ2) is 10.1. The number of nitrogens with zero attached hydrogens (tertiary/aromatic N) is 3. The molecule has 0 unspecified atom stereocenters. The molecule has 8 nitrogen and oxygen atoms in total. The van der Waals surface area contributed by atoms with Crippen LogP contribution in [0.2, 0.25) is 0 Å². The summed E-state index contributed by atoms with van der Waals surface area (Å²) in [6.45, 7) is 3.18. The largest absolute Gasteiger partial charge is 0.461 e. The van der Waals surface area contributed by atoms with Crippen molar-refractivity contribution in [3.8, 4) is 0 Å². The predicted octanol–water partition coefficient (Wildman–Crippen LogP) is 3.99. The Kier molecular flexibility index (Phi) is 7.18. The van der Waals surface area contributed by atoms with E-state index < -0.39 is 35.0 Å². The molecule has 1 aliphatic heterocycles. The van der Waals surface area contributed by atoms with Crippen LogP contribution in [0.5, 0.6) is 0 Å². The lowest BCUT2D eigenvalue weighted by Crippen LogP contribution is -2.65. The van der Waals surface area contributed by atoms with Crippen molar-refractivity contribution >= 4 is 23.5 Å². The number of carbonyl (C=O) groups excluding carboxylic acids is 3. The van der Waals surface area contributed by atoms with Crippen LogP contribution >= 0.6 is 0 Å². The maximum absolute atomic E-state index is 14.9. The highest BCUT2D eigenvalue weighted by Crippen LogP contribution is 2.35. The zero-order valence-corrected chi connectivity index (χ0v) is 20.0. The molecule has 188 valence electrons. The number of hydrogen-bond acceptors (Lipinski definition) is 5. The van der Waals surface area contributed by atoms with Crippen molar-refractivity contribution in [1.29, 1.82) is 0 Å². The fourth-order valence-electron chi connectivity index (χ4n) is 4.87. The van der Waals surface area contributed by atoms with E-state index in [4.69, 9.17) is 4.74 Å². The van der Waals surface area contributed by atoms with Crippen molar-refractivity contribution in [2.75, 3.05) is 11.5 Å². The van der Waals surface area contributed by atoms with Gasteiger partial charge in [0.15, 0.2) is 5.69 Å². The molecule has 0 spiro atoms. The van der Waals surface area contributed by atoms with Gasteiger partial charge in [0.05, 0.1) is 18.8 Å². The maximum atomic E-state index is 14.9. The van der Waals surface area contributed by atoms with Gasteiger partial charge in [-0.3, -0.25) is 19.2 Å².